The molecule has 0 aliphatic carbocycles. The Bertz CT molecular complexity index is 509. The molecule has 0 aliphatic rings. The number of carbonyl (C=O) groups is 1. The summed E-state index contributed by atoms with van der Waals surface area (Å²) in [6, 6.07) is 0. The highest BCUT2D eigenvalue weighted by Gasteiger charge is 2.25. The summed E-state index contributed by atoms with van der Waals surface area (Å²) in [6.45, 7) is 3.74. The Balaban J connectivity index is 2.84. The van der Waals surface area contributed by atoms with E-state index in [0.29, 0.717) is 5.82 Å². The average Bonchev–Trinajstić information content (AvgIpc) is 2.76. The van der Waals surface area contributed by atoms with Gasteiger partial charge in [-0.25, -0.2) is 13.4 Å². The number of hydrogen-bond acceptors (Lipinski definition) is 5. The second kappa shape index (κ2) is 5.96. The molecule has 8 heteroatoms. The number of ether oxygens (including phenoxy) is 1. The van der Waals surface area contributed by atoms with Crippen molar-refractivity contribution in [1.29, 1.82) is 0 Å². The number of aryl methyl sites for hydroxylation is 1. The summed E-state index contributed by atoms with van der Waals surface area (Å²) in [5, 5.41) is 0.0340. The predicted octanol–water partition coefficient (Wildman–Crippen LogP) is 0.292. The Morgan fingerprint density at radius 1 is 1.56 bits per heavy atom. The van der Waals surface area contributed by atoms with Crippen LogP contribution in [0.1, 0.15) is 19.2 Å². The molecule has 0 amide bonds. The van der Waals surface area contributed by atoms with E-state index >= 15 is 0 Å². The molecule has 1 rings (SSSR count). The first-order chi connectivity index (χ1) is 8.41. The molecule has 1 aromatic heterocycles. The molecule has 7 nitrogen and oxygen atoms in total. The molecule has 0 unspecified atom stereocenters. The molecule has 0 bridgehead atoms. The predicted molar refractivity (Wildman–Crippen MR) is 64.4 cm³/mol. The van der Waals surface area contributed by atoms with Gasteiger partial charge in [0.15, 0.2) is 5.03 Å². The molecular weight excluding hydrogens is 258 g/mol. The smallest absolute Gasteiger partial charge is 0.306 e. The minimum absolute atomic E-state index is 0.0245. The van der Waals surface area contributed by atoms with Gasteiger partial charge in [-0.3, -0.25) is 4.79 Å². The second-order valence-electron chi connectivity index (χ2n) is 3.66. The summed E-state index contributed by atoms with van der Waals surface area (Å²) in [5.74, 6) is 0.0852. The highest BCUT2D eigenvalue weighted by molar-refractivity contribution is 7.89. The fourth-order valence-corrected chi connectivity index (χ4v) is 2.85. The number of esters is 1. The third-order valence-corrected chi connectivity index (χ3v) is 4.33. The van der Waals surface area contributed by atoms with E-state index in [1.165, 1.54) is 17.6 Å². The van der Waals surface area contributed by atoms with Crippen molar-refractivity contribution in [2.24, 2.45) is 0 Å². The number of aromatic nitrogens is 2. The molecule has 0 spiro atoms. The number of methoxy groups -OCH3 is 1. The van der Waals surface area contributed by atoms with Crippen molar-refractivity contribution in [3.63, 3.8) is 0 Å². The molecule has 1 N–H and O–H groups in total. The van der Waals surface area contributed by atoms with Crippen molar-refractivity contribution in [2.75, 3.05) is 20.2 Å². The number of nitrogens with zero attached hydrogens (tertiary/aromatic N) is 2. The van der Waals surface area contributed by atoms with Crippen LogP contribution in [0.25, 0.3) is 0 Å². The van der Waals surface area contributed by atoms with Crippen molar-refractivity contribution in [1.82, 2.24) is 14.3 Å². The van der Waals surface area contributed by atoms with Crippen molar-refractivity contribution >= 4 is 16.0 Å². The number of carbonyl (C=O) groups excluding carboxylic acids is 1. The Morgan fingerprint density at radius 3 is 2.67 bits per heavy atom. The zero-order valence-electron chi connectivity index (χ0n) is 10.6. The Morgan fingerprint density at radius 2 is 2.22 bits per heavy atom. The van der Waals surface area contributed by atoms with Crippen LogP contribution >= 0.6 is 0 Å². The SMILES string of the molecule is CCN(CCC(=O)OC)S(=O)(=O)c1cnc(C)[nH]1. The number of nitrogens with one attached hydrogen (secondary N) is 1. The summed E-state index contributed by atoms with van der Waals surface area (Å²) in [5.41, 5.74) is 0. The van der Waals surface area contributed by atoms with Gasteiger partial charge in [0.2, 0.25) is 0 Å². The molecule has 0 aliphatic heterocycles. The molecule has 18 heavy (non-hydrogen) atoms. The highest BCUT2D eigenvalue weighted by atomic mass is 32.2. The third kappa shape index (κ3) is 3.30. The highest BCUT2D eigenvalue weighted by Crippen LogP contribution is 2.13. The third-order valence-electron chi connectivity index (χ3n) is 2.44. The Kier molecular flexibility index (Phi) is 4.85. The standard InChI is InChI=1S/C10H17N3O4S/c1-4-13(6-5-10(14)17-3)18(15,16)9-7-11-8(2)12-9/h7H,4-6H2,1-3H3,(H,11,12). The lowest BCUT2D eigenvalue weighted by Gasteiger charge is -2.18. The van der Waals surface area contributed by atoms with Crippen LogP contribution < -0.4 is 0 Å². The van der Waals surface area contributed by atoms with Gasteiger partial charge >= 0.3 is 5.97 Å². The Hall–Kier alpha value is -1.41. The van der Waals surface area contributed by atoms with Crippen molar-refractivity contribution in [3.8, 4) is 0 Å². The number of hydrogen-bond donors (Lipinski definition) is 1. The van der Waals surface area contributed by atoms with Crippen molar-refractivity contribution < 1.29 is 17.9 Å². The van der Waals surface area contributed by atoms with E-state index in [1.54, 1.807) is 13.8 Å². The monoisotopic (exact) mass is 275 g/mol. The first-order valence-corrected chi connectivity index (χ1v) is 6.94. The van der Waals surface area contributed by atoms with Gasteiger partial charge in [0.1, 0.15) is 5.82 Å². The van der Waals surface area contributed by atoms with E-state index in [1.807, 2.05) is 0 Å². The van der Waals surface area contributed by atoms with E-state index in [0.717, 1.165) is 0 Å². The molecule has 1 heterocycles. The average molecular weight is 275 g/mol. The number of rotatable bonds is 6. The van der Waals surface area contributed by atoms with Gasteiger partial charge in [-0.1, -0.05) is 6.92 Å². The van der Waals surface area contributed by atoms with Crippen LogP contribution in [-0.4, -0.2) is 48.9 Å². The van der Waals surface area contributed by atoms with E-state index < -0.39 is 16.0 Å². The van der Waals surface area contributed by atoms with Crippen molar-refractivity contribution in [2.45, 2.75) is 25.3 Å². The van der Waals surface area contributed by atoms with E-state index in [2.05, 4.69) is 14.7 Å². The molecule has 1 aromatic rings. The van der Waals surface area contributed by atoms with Crippen LogP contribution in [0.2, 0.25) is 0 Å². The van der Waals surface area contributed by atoms with Gasteiger partial charge in [0.05, 0.1) is 19.7 Å². The van der Waals surface area contributed by atoms with Gasteiger partial charge in [-0.15, -0.1) is 0 Å². The van der Waals surface area contributed by atoms with Crippen molar-refractivity contribution in [3.05, 3.63) is 12.0 Å². The van der Waals surface area contributed by atoms with Crippen LogP contribution in [0.3, 0.4) is 0 Å². The Labute approximate surface area is 106 Å². The van der Waals surface area contributed by atoms with E-state index in [4.69, 9.17) is 0 Å². The van der Waals surface area contributed by atoms with Gasteiger partial charge < -0.3 is 9.72 Å². The van der Waals surface area contributed by atoms with Crippen LogP contribution in [0.15, 0.2) is 11.2 Å². The van der Waals surface area contributed by atoms with E-state index in [9.17, 15) is 13.2 Å². The van der Waals surface area contributed by atoms with E-state index in [-0.39, 0.29) is 24.5 Å². The number of sulfonamides is 1. The normalized spacial score (nSPS) is 11.8. The fourth-order valence-electron chi connectivity index (χ4n) is 1.43. The first-order valence-electron chi connectivity index (χ1n) is 5.50. The zero-order valence-corrected chi connectivity index (χ0v) is 11.5. The zero-order chi connectivity index (χ0) is 13.8. The number of imidazole rings is 1. The largest absolute Gasteiger partial charge is 0.469 e. The lowest BCUT2D eigenvalue weighted by molar-refractivity contribution is -0.140. The summed E-state index contributed by atoms with van der Waals surface area (Å²) in [6.07, 6.45) is 1.29. The molecule has 0 fully saturated rings. The maximum Gasteiger partial charge on any atom is 0.306 e. The van der Waals surface area contributed by atoms with Crippen LogP contribution in [0.5, 0.6) is 0 Å². The lowest BCUT2D eigenvalue weighted by atomic mass is 10.4. The summed E-state index contributed by atoms with van der Waals surface area (Å²) in [4.78, 5) is 17.6. The minimum atomic E-state index is -3.63. The number of aromatic amines is 1. The molecular formula is C10H17N3O4S. The van der Waals surface area contributed by atoms with Gasteiger partial charge in [-0.05, 0) is 6.92 Å². The molecule has 0 radical (unpaired) electrons. The molecule has 0 atom stereocenters. The minimum Gasteiger partial charge on any atom is -0.469 e. The maximum absolute atomic E-state index is 12.2. The molecule has 0 saturated heterocycles. The summed E-state index contributed by atoms with van der Waals surface area (Å²) < 4.78 is 30.1. The molecule has 0 saturated carbocycles. The lowest BCUT2D eigenvalue weighted by Crippen LogP contribution is -2.33. The number of H-pyrrole nitrogens is 1. The van der Waals surface area contributed by atoms with Crippen LogP contribution in [-0.2, 0) is 19.6 Å². The fraction of sp³-hybridized carbons (Fsp3) is 0.600. The van der Waals surface area contributed by atoms with Crippen LogP contribution in [0, 0.1) is 6.92 Å². The summed E-state index contributed by atoms with van der Waals surface area (Å²) in [7, 11) is -2.36. The van der Waals surface area contributed by atoms with Crippen LogP contribution in [0.4, 0.5) is 0 Å². The van der Waals surface area contributed by atoms with Gasteiger partial charge in [0.25, 0.3) is 10.0 Å². The van der Waals surface area contributed by atoms with Gasteiger partial charge in [-0.2, -0.15) is 4.31 Å². The first kappa shape index (κ1) is 14.7. The molecule has 0 aromatic carbocycles. The van der Waals surface area contributed by atoms with Gasteiger partial charge in [0, 0.05) is 13.1 Å². The molecule has 102 valence electrons. The maximum atomic E-state index is 12.2. The quantitative estimate of drug-likeness (QED) is 0.753. The topological polar surface area (TPSA) is 92.4 Å². The summed E-state index contributed by atoms with van der Waals surface area (Å²) >= 11 is 0. The second-order valence-corrected chi connectivity index (χ2v) is 5.56.